The van der Waals surface area contributed by atoms with E-state index in [0.29, 0.717) is 6.04 Å². The number of nitrogens with one attached hydrogen (secondary N) is 1. The van der Waals surface area contributed by atoms with E-state index in [1.54, 1.807) is 6.07 Å². The van der Waals surface area contributed by atoms with E-state index < -0.39 is 0 Å². The van der Waals surface area contributed by atoms with Gasteiger partial charge in [0.2, 0.25) is 0 Å². The van der Waals surface area contributed by atoms with Gasteiger partial charge in [0.15, 0.2) is 0 Å². The fraction of sp³-hybridized carbons (Fsp3) is 0.333. The molecule has 0 saturated carbocycles. The van der Waals surface area contributed by atoms with Crippen LogP contribution < -0.4 is 5.32 Å². The smallest absolute Gasteiger partial charge is 0.124 e. The maximum Gasteiger partial charge on any atom is 0.124 e. The average Bonchev–Trinajstić information content (AvgIpc) is 2.67. The largest absolute Gasteiger partial charge is 0.304 e. The second-order valence-corrected chi connectivity index (χ2v) is 3.43. The highest BCUT2D eigenvalue weighted by Crippen LogP contribution is 2.05. The highest BCUT2D eigenvalue weighted by atomic mass is 19.1. The summed E-state index contributed by atoms with van der Waals surface area (Å²) in [4.78, 5) is 0. The molecule has 0 aliphatic carbocycles. The third kappa shape index (κ3) is 2.34. The average molecular weight is 189 g/mol. The molecule has 1 aliphatic rings. The van der Waals surface area contributed by atoms with Crippen LogP contribution in [0.1, 0.15) is 18.4 Å². The normalized spacial score (nSPS) is 20.2. The molecule has 1 aromatic carbocycles. The fourth-order valence-electron chi connectivity index (χ4n) is 1.54. The topological polar surface area (TPSA) is 12.0 Å². The van der Waals surface area contributed by atoms with E-state index in [-0.39, 0.29) is 5.82 Å². The van der Waals surface area contributed by atoms with Crippen LogP contribution in [0.15, 0.2) is 24.3 Å². The van der Waals surface area contributed by atoms with Gasteiger partial charge in [-0.3, -0.25) is 0 Å². The van der Waals surface area contributed by atoms with Crippen LogP contribution in [0.25, 0.3) is 0 Å². The van der Waals surface area contributed by atoms with E-state index in [2.05, 4.69) is 17.2 Å². The monoisotopic (exact) mass is 189 g/mol. The first-order valence-corrected chi connectivity index (χ1v) is 4.85. The van der Waals surface area contributed by atoms with Crippen LogP contribution in [0, 0.1) is 17.7 Å². The fourth-order valence-corrected chi connectivity index (χ4v) is 1.54. The van der Waals surface area contributed by atoms with Crippen molar-refractivity contribution in [2.45, 2.75) is 18.9 Å². The molecule has 0 spiro atoms. The van der Waals surface area contributed by atoms with Gasteiger partial charge in [0.05, 0.1) is 6.04 Å². The van der Waals surface area contributed by atoms with Crippen molar-refractivity contribution < 1.29 is 4.39 Å². The zero-order chi connectivity index (χ0) is 9.80. The summed E-state index contributed by atoms with van der Waals surface area (Å²) < 4.78 is 12.8. The number of halogens is 1. The summed E-state index contributed by atoms with van der Waals surface area (Å²) in [6.07, 6.45) is 2.28. The molecule has 1 aromatic rings. The molecule has 0 amide bonds. The highest BCUT2D eigenvalue weighted by molar-refractivity contribution is 5.35. The van der Waals surface area contributed by atoms with Gasteiger partial charge in [0.25, 0.3) is 0 Å². The van der Waals surface area contributed by atoms with Gasteiger partial charge >= 0.3 is 0 Å². The number of hydrogen-bond acceptors (Lipinski definition) is 1. The van der Waals surface area contributed by atoms with Crippen molar-refractivity contribution in [3.05, 3.63) is 35.6 Å². The first kappa shape index (κ1) is 9.23. The van der Waals surface area contributed by atoms with Gasteiger partial charge in [0.1, 0.15) is 5.82 Å². The molecule has 1 fully saturated rings. The Balaban J connectivity index is 2.08. The van der Waals surface area contributed by atoms with E-state index in [1.165, 1.54) is 18.6 Å². The van der Waals surface area contributed by atoms with E-state index >= 15 is 0 Å². The second-order valence-electron chi connectivity index (χ2n) is 3.43. The molecule has 0 bridgehead atoms. The molecule has 2 heteroatoms. The van der Waals surface area contributed by atoms with Crippen LogP contribution in [-0.4, -0.2) is 12.6 Å². The van der Waals surface area contributed by atoms with Crippen molar-refractivity contribution in [3.8, 4) is 11.8 Å². The summed E-state index contributed by atoms with van der Waals surface area (Å²) in [7, 11) is 0. The van der Waals surface area contributed by atoms with E-state index in [4.69, 9.17) is 0 Å². The predicted octanol–water partition coefficient (Wildman–Crippen LogP) is 1.93. The van der Waals surface area contributed by atoms with Gasteiger partial charge in [-0.15, -0.1) is 0 Å². The molecule has 1 unspecified atom stereocenters. The molecule has 1 saturated heterocycles. The first-order chi connectivity index (χ1) is 6.84. The van der Waals surface area contributed by atoms with E-state index in [0.717, 1.165) is 18.5 Å². The standard InChI is InChI=1S/C12H12FN/c13-11-4-1-3-10(9-11)6-7-12-5-2-8-14-12/h1,3-4,9,12,14H,2,5,8H2. The van der Waals surface area contributed by atoms with Crippen molar-refractivity contribution in [1.29, 1.82) is 0 Å². The number of hydrogen-bond donors (Lipinski definition) is 1. The maximum absolute atomic E-state index is 12.8. The Morgan fingerprint density at radius 3 is 3.07 bits per heavy atom. The van der Waals surface area contributed by atoms with Gasteiger partial charge in [0, 0.05) is 5.56 Å². The lowest BCUT2D eigenvalue weighted by Crippen LogP contribution is -2.18. The molecular formula is C12H12FN. The molecule has 1 nitrogen and oxygen atoms in total. The molecule has 2 rings (SSSR count). The summed E-state index contributed by atoms with van der Waals surface area (Å²) in [6, 6.07) is 6.69. The SMILES string of the molecule is Fc1cccc(C#CC2CCCN2)c1. The van der Waals surface area contributed by atoms with Gasteiger partial charge in [-0.1, -0.05) is 17.9 Å². The molecule has 72 valence electrons. The Labute approximate surface area is 83.3 Å². The Morgan fingerprint density at radius 2 is 2.36 bits per heavy atom. The van der Waals surface area contributed by atoms with Crippen molar-refractivity contribution in [3.63, 3.8) is 0 Å². The number of benzene rings is 1. The minimum Gasteiger partial charge on any atom is -0.304 e. The van der Waals surface area contributed by atoms with Crippen molar-refractivity contribution >= 4 is 0 Å². The van der Waals surface area contributed by atoms with Gasteiger partial charge in [-0.05, 0) is 37.6 Å². The van der Waals surface area contributed by atoms with E-state index in [9.17, 15) is 4.39 Å². The van der Waals surface area contributed by atoms with Crippen LogP contribution in [0.3, 0.4) is 0 Å². The minimum absolute atomic E-state index is 0.226. The Morgan fingerprint density at radius 1 is 1.43 bits per heavy atom. The lowest BCUT2D eigenvalue weighted by molar-refractivity contribution is 0.627. The molecule has 0 aromatic heterocycles. The van der Waals surface area contributed by atoms with Gasteiger partial charge < -0.3 is 5.32 Å². The lowest BCUT2D eigenvalue weighted by atomic mass is 10.2. The molecule has 1 aliphatic heterocycles. The summed E-state index contributed by atoms with van der Waals surface area (Å²) in [6.45, 7) is 1.04. The van der Waals surface area contributed by atoms with Crippen molar-refractivity contribution in [2.75, 3.05) is 6.54 Å². The summed E-state index contributed by atoms with van der Waals surface area (Å²) >= 11 is 0. The summed E-state index contributed by atoms with van der Waals surface area (Å²) in [5.41, 5.74) is 0.749. The number of rotatable bonds is 0. The van der Waals surface area contributed by atoms with Crippen molar-refractivity contribution in [1.82, 2.24) is 5.32 Å². The lowest BCUT2D eigenvalue weighted by Gasteiger charge is -1.97. The third-order valence-electron chi connectivity index (χ3n) is 2.28. The molecule has 1 heterocycles. The maximum atomic E-state index is 12.8. The molecular weight excluding hydrogens is 177 g/mol. The van der Waals surface area contributed by atoms with Crippen LogP contribution in [0.5, 0.6) is 0 Å². The second kappa shape index (κ2) is 4.26. The quantitative estimate of drug-likeness (QED) is 0.615. The molecule has 14 heavy (non-hydrogen) atoms. The molecule has 0 radical (unpaired) electrons. The Bertz CT molecular complexity index is 369. The Kier molecular flexibility index (Phi) is 2.81. The Hall–Kier alpha value is -1.33. The van der Waals surface area contributed by atoms with Gasteiger partial charge in [-0.25, -0.2) is 4.39 Å². The summed E-state index contributed by atoms with van der Waals surface area (Å²) in [5.74, 6) is 5.85. The van der Waals surface area contributed by atoms with Gasteiger partial charge in [-0.2, -0.15) is 0 Å². The van der Waals surface area contributed by atoms with Crippen LogP contribution >= 0.6 is 0 Å². The van der Waals surface area contributed by atoms with Crippen LogP contribution in [0.4, 0.5) is 4.39 Å². The third-order valence-corrected chi connectivity index (χ3v) is 2.28. The zero-order valence-electron chi connectivity index (χ0n) is 7.89. The van der Waals surface area contributed by atoms with Crippen molar-refractivity contribution in [2.24, 2.45) is 0 Å². The summed E-state index contributed by atoms with van der Waals surface area (Å²) in [5, 5.41) is 3.27. The zero-order valence-corrected chi connectivity index (χ0v) is 7.89. The van der Waals surface area contributed by atoms with Crippen LogP contribution in [0.2, 0.25) is 0 Å². The van der Waals surface area contributed by atoms with E-state index in [1.807, 2.05) is 6.07 Å². The minimum atomic E-state index is -0.226. The van der Waals surface area contributed by atoms with Crippen LogP contribution in [-0.2, 0) is 0 Å². The predicted molar refractivity (Wildman–Crippen MR) is 54.3 cm³/mol. The molecule has 1 N–H and O–H groups in total. The highest BCUT2D eigenvalue weighted by Gasteiger charge is 2.09. The molecule has 1 atom stereocenters. The first-order valence-electron chi connectivity index (χ1n) is 4.85.